The van der Waals surface area contributed by atoms with Gasteiger partial charge in [-0.1, -0.05) is 31.9 Å². The summed E-state index contributed by atoms with van der Waals surface area (Å²) >= 11 is 7.14. The maximum absolute atomic E-state index is 11.9. The van der Waals surface area contributed by atoms with Crippen LogP contribution in [0.3, 0.4) is 0 Å². The number of ether oxygens (including phenoxy) is 1. The third-order valence-corrected chi connectivity index (χ3v) is 5.42. The van der Waals surface area contributed by atoms with Crippen LogP contribution < -0.4 is 0 Å². The first-order chi connectivity index (χ1) is 7.82. The summed E-state index contributed by atoms with van der Waals surface area (Å²) in [6, 6.07) is 0. The number of hydrogen-bond acceptors (Lipinski definition) is 2. The second kappa shape index (κ2) is 5.91. The Morgan fingerprint density at radius 2 is 1.71 bits per heavy atom. The topological polar surface area (TPSA) is 29.5 Å². The smallest absolute Gasteiger partial charge is 0.410 e. The monoisotopic (exact) mass is 369 g/mol. The van der Waals surface area contributed by atoms with E-state index in [-0.39, 0.29) is 6.09 Å². The molecule has 0 aromatic rings. The van der Waals surface area contributed by atoms with Crippen LogP contribution in [0.5, 0.6) is 0 Å². The molecular weight excluding hydrogens is 350 g/mol. The molecule has 5 heteroatoms. The van der Waals surface area contributed by atoms with Gasteiger partial charge in [0, 0.05) is 23.7 Å². The van der Waals surface area contributed by atoms with Gasteiger partial charge in [0.1, 0.15) is 5.60 Å². The van der Waals surface area contributed by atoms with E-state index in [1.54, 1.807) is 0 Å². The molecule has 1 heterocycles. The summed E-state index contributed by atoms with van der Waals surface area (Å²) in [4.78, 5) is 13.7. The Kier molecular flexibility index (Phi) is 5.32. The molecule has 0 N–H and O–H groups in total. The Morgan fingerprint density at radius 3 is 2.06 bits per heavy atom. The van der Waals surface area contributed by atoms with Crippen LogP contribution in [-0.4, -0.2) is 40.3 Å². The molecule has 1 saturated heterocycles. The van der Waals surface area contributed by atoms with E-state index in [1.807, 2.05) is 25.7 Å². The lowest BCUT2D eigenvalue weighted by molar-refractivity contribution is 0.0144. The van der Waals surface area contributed by atoms with Crippen LogP contribution in [0.1, 0.15) is 33.6 Å². The number of nitrogens with zero attached hydrogens (tertiary/aromatic N) is 1. The molecule has 1 rings (SSSR count). The van der Waals surface area contributed by atoms with Gasteiger partial charge >= 0.3 is 6.09 Å². The fourth-order valence-corrected chi connectivity index (χ4v) is 3.84. The normalized spacial score (nSPS) is 20.2. The minimum Gasteiger partial charge on any atom is -0.444 e. The number of rotatable bonds is 2. The summed E-state index contributed by atoms with van der Waals surface area (Å²) in [5.74, 6) is 0. The molecule has 0 aromatic carbocycles. The van der Waals surface area contributed by atoms with Gasteiger partial charge < -0.3 is 9.64 Å². The van der Waals surface area contributed by atoms with Crippen molar-refractivity contribution in [1.29, 1.82) is 0 Å². The summed E-state index contributed by atoms with van der Waals surface area (Å²) in [7, 11) is 0. The van der Waals surface area contributed by atoms with Crippen LogP contribution in [0.4, 0.5) is 4.79 Å². The summed E-state index contributed by atoms with van der Waals surface area (Å²) in [5.41, 5.74) is -0.116. The molecule has 100 valence electrons. The highest BCUT2D eigenvalue weighted by Gasteiger charge is 2.35. The molecule has 1 fully saturated rings. The molecule has 0 bridgehead atoms. The van der Waals surface area contributed by atoms with Crippen molar-refractivity contribution in [2.45, 2.75) is 39.2 Å². The summed E-state index contributed by atoms with van der Waals surface area (Å²) in [5, 5.41) is 1.96. The van der Waals surface area contributed by atoms with Crippen LogP contribution in [0, 0.1) is 5.41 Å². The fourth-order valence-electron chi connectivity index (χ4n) is 1.79. The molecule has 17 heavy (non-hydrogen) atoms. The quantitative estimate of drug-likeness (QED) is 0.692. The molecule has 1 amide bonds. The largest absolute Gasteiger partial charge is 0.444 e. The first kappa shape index (κ1) is 15.3. The minimum atomic E-state index is -0.406. The molecule has 0 unspecified atom stereocenters. The van der Waals surface area contributed by atoms with Crippen molar-refractivity contribution in [1.82, 2.24) is 4.90 Å². The average molecular weight is 371 g/mol. The van der Waals surface area contributed by atoms with Crippen LogP contribution in [0.2, 0.25) is 0 Å². The van der Waals surface area contributed by atoms with Crippen molar-refractivity contribution in [3.05, 3.63) is 0 Å². The van der Waals surface area contributed by atoms with Crippen LogP contribution >= 0.6 is 31.9 Å². The molecular formula is C12H21Br2NO2. The highest BCUT2D eigenvalue weighted by molar-refractivity contribution is 9.09. The highest BCUT2D eigenvalue weighted by atomic mass is 79.9. The average Bonchev–Trinajstić information content (AvgIpc) is 2.27. The van der Waals surface area contributed by atoms with Crippen LogP contribution in [0.15, 0.2) is 0 Å². The van der Waals surface area contributed by atoms with Gasteiger partial charge in [-0.05, 0) is 39.0 Å². The molecule has 1 aliphatic rings. The van der Waals surface area contributed by atoms with E-state index in [0.717, 1.165) is 36.6 Å². The summed E-state index contributed by atoms with van der Waals surface area (Å²) in [6.07, 6.45) is 1.85. The number of amides is 1. The van der Waals surface area contributed by atoms with E-state index in [0.29, 0.717) is 5.41 Å². The third kappa shape index (κ3) is 4.43. The van der Waals surface area contributed by atoms with Crippen LogP contribution in [0.25, 0.3) is 0 Å². The third-order valence-electron chi connectivity index (χ3n) is 3.04. The fraction of sp³-hybridized carbons (Fsp3) is 0.917. The molecule has 0 saturated carbocycles. The van der Waals surface area contributed by atoms with Gasteiger partial charge in [-0.25, -0.2) is 4.79 Å². The predicted molar refractivity (Wildman–Crippen MR) is 77.1 cm³/mol. The first-order valence-electron chi connectivity index (χ1n) is 5.92. The molecule has 0 atom stereocenters. The van der Waals surface area contributed by atoms with E-state index in [4.69, 9.17) is 4.74 Å². The standard InChI is InChI=1S/C12H21Br2NO2/c1-11(2,3)17-10(16)15-6-4-12(8-13,9-14)5-7-15/h4-9H2,1-3H3. The lowest BCUT2D eigenvalue weighted by Gasteiger charge is -2.40. The van der Waals surface area contributed by atoms with Crippen molar-refractivity contribution < 1.29 is 9.53 Å². The Hall–Kier alpha value is 0.230. The lowest BCUT2D eigenvalue weighted by atomic mass is 9.82. The molecule has 3 nitrogen and oxygen atoms in total. The summed E-state index contributed by atoms with van der Waals surface area (Å²) < 4.78 is 5.38. The maximum Gasteiger partial charge on any atom is 0.410 e. The van der Waals surface area contributed by atoms with Crippen molar-refractivity contribution >= 4 is 38.0 Å². The second-order valence-electron chi connectivity index (χ2n) is 5.73. The van der Waals surface area contributed by atoms with Gasteiger partial charge in [-0.15, -0.1) is 0 Å². The number of carbonyl (C=O) groups excluding carboxylic acids is 1. The number of halogens is 2. The number of likely N-dealkylation sites (tertiary alicyclic amines) is 1. The van der Waals surface area contributed by atoms with Crippen molar-refractivity contribution in [3.8, 4) is 0 Å². The molecule has 0 spiro atoms. The maximum atomic E-state index is 11.9. The zero-order chi connectivity index (χ0) is 13.1. The van der Waals surface area contributed by atoms with E-state index in [2.05, 4.69) is 31.9 Å². The van der Waals surface area contributed by atoms with Gasteiger partial charge in [0.25, 0.3) is 0 Å². The zero-order valence-electron chi connectivity index (χ0n) is 10.8. The minimum absolute atomic E-state index is 0.185. The number of piperidine rings is 1. The predicted octanol–water partition coefficient (Wildman–Crippen LogP) is 3.79. The van der Waals surface area contributed by atoms with Crippen LogP contribution in [-0.2, 0) is 4.74 Å². The second-order valence-corrected chi connectivity index (χ2v) is 6.86. The van der Waals surface area contributed by atoms with E-state index >= 15 is 0 Å². The lowest BCUT2D eigenvalue weighted by Crippen LogP contribution is -2.46. The molecule has 0 aliphatic carbocycles. The Labute approximate surface area is 121 Å². The molecule has 1 aliphatic heterocycles. The number of carbonyl (C=O) groups is 1. The van der Waals surface area contributed by atoms with Gasteiger partial charge in [0.2, 0.25) is 0 Å². The van der Waals surface area contributed by atoms with Crippen molar-refractivity contribution in [3.63, 3.8) is 0 Å². The van der Waals surface area contributed by atoms with Gasteiger partial charge in [-0.2, -0.15) is 0 Å². The van der Waals surface area contributed by atoms with Gasteiger partial charge in [0.05, 0.1) is 0 Å². The number of hydrogen-bond donors (Lipinski definition) is 0. The van der Waals surface area contributed by atoms with E-state index in [1.165, 1.54) is 0 Å². The molecule has 0 aromatic heterocycles. The zero-order valence-corrected chi connectivity index (χ0v) is 13.9. The van der Waals surface area contributed by atoms with Gasteiger partial charge in [-0.3, -0.25) is 0 Å². The first-order valence-corrected chi connectivity index (χ1v) is 8.16. The Morgan fingerprint density at radius 1 is 1.24 bits per heavy atom. The summed E-state index contributed by atoms with van der Waals surface area (Å²) in [6.45, 7) is 7.26. The SMILES string of the molecule is CC(C)(C)OC(=O)N1CCC(CBr)(CBr)CC1. The van der Waals surface area contributed by atoms with Crippen molar-refractivity contribution in [2.24, 2.45) is 5.41 Å². The van der Waals surface area contributed by atoms with E-state index in [9.17, 15) is 4.79 Å². The van der Waals surface area contributed by atoms with Gasteiger partial charge in [0.15, 0.2) is 0 Å². The Bertz CT molecular complexity index is 262. The van der Waals surface area contributed by atoms with Crippen molar-refractivity contribution in [2.75, 3.05) is 23.7 Å². The highest BCUT2D eigenvalue weighted by Crippen LogP contribution is 2.35. The Balaban J connectivity index is 2.49. The number of alkyl halides is 2. The van der Waals surface area contributed by atoms with E-state index < -0.39 is 5.60 Å². The molecule has 0 radical (unpaired) electrons.